The lowest BCUT2D eigenvalue weighted by molar-refractivity contribution is 0.238. The van der Waals surface area contributed by atoms with Gasteiger partial charge in [-0.25, -0.2) is 0 Å². The van der Waals surface area contributed by atoms with Crippen molar-refractivity contribution >= 4 is 0 Å². The van der Waals surface area contributed by atoms with Gasteiger partial charge >= 0.3 is 0 Å². The summed E-state index contributed by atoms with van der Waals surface area (Å²) in [6.45, 7) is 6.86. The number of aliphatic hydroxyl groups is 1. The first-order valence-corrected chi connectivity index (χ1v) is 5.40. The molecule has 0 spiro atoms. The first kappa shape index (κ1) is 11.9. The Morgan fingerprint density at radius 2 is 1.43 bits per heavy atom. The van der Waals surface area contributed by atoms with E-state index >= 15 is 0 Å². The number of rotatable bonds is 1. The average Bonchev–Trinajstić information content (AvgIpc) is 2.19. The molecule has 1 heterocycles. The fraction of sp³-hybridized carbons (Fsp3) is 1.00. The molecule has 5 N–H and O–H groups in total. The summed E-state index contributed by atoms with van der Waals surface area (Å²) < 4.78 is 0. The summed E-state index contributed by atoms with van der Waals surface area (Å²) in [6, 6.07) is 0.177. The highest BCUT2D eigenvalue weighted by Crippen LogP contribution is 1.79. The Labute approximate surface area is 85.6 Å². The van der Waals surface area contributed by atoms with Gasteiger partial charge in [-0.2, -0.15) is 0 Å². The smallest absolute Gasteiger partial charge is 0.0597 e. The molecular formula is C9H22N4O. The van der Waals surface area contributed by atoms with Gasteiger partial charge in [0.2, 0.25) is 0 Å². The second-order valence-electron chi connectivity index (χ2n) is 3.54. The van der Waals surface area contributed by atoms with E-state index in [0.29, 0.717) is 0 Å². The molecule has 84 valence electrons. The second-order valence-corrected chi connectivity index (χ2v) is 3.54. The molecule has 1 aliphatic heterocycles. The lowest BCUT2D eigenvalue weighted by Crippen LogP contribution is -2.46. The minimum atomic E-state index is 0.177. The molecule has 0 amide bonds. The zero-order chi connectivity index (χ0) is 10.1. The summed E-state index contributed by atoms with van der Waals surface area (Å²) in [5, 5.41) is 22.3. The van der Waals surface area contributed by atoms with Crippen LogP contribution < -0.4 is 21.3 Å². The lowest BCUT2D eigenvalue weighted by Gasteiger charge is -2.18. The fourth-order valence-electron chi connectivity index (χ4n) is 1.45. The van der Waals surface area contributed by atoms with Gasteiger partial charge in [-0.1, -0.05) is 0 Å². The van der Waals surface area contributed by atoms with Gasteiger partial charge in [-0.15, -0.1) is 0 Å². The van der Waals surface area contributed by atoms with Crippen LogP contribution in [-0.4, -0.2) is 63.6 Å². The number of nitrogens with one attached hydrogen (secondary N) is 4. The molecular weight excluding hydrogens is 180 g/mol. The van der Waals surface area contributed by atoms with Crippen LogP contribution in [0.4, 0.5) is 0 Å². The molecule has 0 aromatic rings. The van der Waals surface area contributed by atoms with Crippen molar-refractivity contribution in [1.82, 2.24) is 21.3 Å². The largest absolute Gasteiger partial charge is 0.395 e. The molecule has 14 heavy (non-hydrogen) atoms. The van der Waals surface area contributed by atoms with Crippen molar-refractivity contribution in [1.29, 1.82) is 0 Å². The summed E-state index contributed by atoms with van der Waals surface area (Å²) in [4.78, 5) is 0. The molecule has 1 atom stereocenters. The predicted octanol–water partition coefficient (Wildman–Crippen LogP) is -2.28. The molecule has 0 radical (unpaired) electrons. The highest BCUT2D eigenvalue weighted by molar-refractivity contribution is 4.70. The summed E-state index contributed by atoms with van der Waals surface area (Å²) >= 11 is 0. The second kappa shape index (κ2) is 8.14. The molecule has 5 nitrogen and oxygen atoms in total. The van der Waals surface area contributed by atoms with Crippen molar-refractivity contribution in [3.05, 3.63) is 0 Å². The van der Waals surface area contributed by atoms with Crippen molar-refractivity contribution in [2.24, 2.45) is 0 Å². The Bertz CT molecular complexity index is 122. The van der Waals surface area contributed by atoms with Crippen LogP contribution in [0.3, 0.4) is 0 Å². The van der Waals surface area contributed by atoms with E-state index in [9.17, 15) is 0 Å². The van der Waals surface area contributed by atoms with Crippen molar-refractivity contribution in [2.45, 2.75) is 6.04 Å². The predicted molar refractivity (Wildman–Crippen MR) is 57.5 cm³/mol. The number of aliphatic hydroxyl groups excluding tert-OH is 1. The Hall–Kier alpha value is -0.200. The third-order valence-corrected chi connectivity index (χ3v) is 2.30. The lowest BCUT2D eigenvalue weighted by atomic mass is 10.3. The Morgan fingerprint density at radius 1 is 0.857 bits per heavy atom. The van der Waals surface area contributed by atoms with E-state index in [-0.39, 0.29) is 12.6 Å². The highest BCUT2D eigenvalue weighted by Gasteiger charge is 2.05. The minimum absolute atomic E-state index is 0.177. The summed E-state index contributed by atoms with van der Waals surface area (Å²) in [5.74, 6) is 0. The van der Waals surface area contributed by atoms with Crippen LogP contribution in [0.1, 0.15) is 0 Å². The zero-order valence-electron chi connectivity index (χ0n) is 8.68. The van der Waals surface area contributed by atoms with Crippen molar-refractivity contribution < 1.29 is 5.11 Å². The molecule has 0 saturated carbocycles. The standard InChI is InChI=1S/C9H22N4O/c14-8-9-7-12-4-3-10-1-2-11-5-6-13-9/h9-14H,1-8H2. The first-order chi connectivity index (χ1) is 6.93. The van der Waals surface area contributed by atoms with Gasteiger partial charge in [0.15, 0.2) is 0 Å². The third kappa shape index (κ3) is 5.51. The SMILES string of the molecule is OCC1CNCCNCCNCCN1. The molecule has 1 saturated heterocycles. The molecule has 1 unspecified atom stereocenters. The Kier molecular flexibility index (Phi) is 6.90. The van der Waals surface area contributed by atoms with Gasteiger partial charge in [-0.3, -0.25) is 0 Å². The van der Waals surface area contributed by atoms with E-state index < -0.39 is 0 Å². The molecule has 0 aromatic heterocycles. The van der Waals surface area contributed by atoms with Crippen LogP contribution in [-0.2, 0) is 0 Å². The number of hydrogen-bond acceptors (Lipinski definition) is 5. The molecule has 1 fully saturated rings. The van der Waals surface area contributed by atoms with Crippen LogP contribution in [0.5, 0.6) is 0 Å². The van der Waals surface area contributed by atoms with E-state index in [1.165, 1.54) is 0 Å². The molecule has 0 aromatic carbocycles. The maximum Gasteiger partial charge on any atom is 0.0597 e. The Morgan fingerprint density at radius 3 is 2.07 bits per heavy atom. The normalized spacial score (nSPS) is 27.6. The van der Waals surface area contributed by atoms with Crippen LogP contribution in [0.2, 0.25) is 0 Å². The quantitative estimate of drug-likeness (QED) is 0.331. The summed E-state index contributed by atoms with van der Waals surface area (Å²) in [5.41, 5.74) is 0. The van der Waals surface area contributed by atoms with E-state index in [1.807, 2.05) is 0 Å². The molecule has 0 bridgehead atoms. The molecule has 1 aliphatic rings. The monoisotopic (exact) mass is 202 g/mol. The zero-order valence-corrected chi connectivity index (χ0v) is 8.68. The first-order valence-electron chi connectivity index (χ1n) is 5.40. The van der Waals surface area contributed by atoms with Crippen LogP contribution >= 0.6 is 0 Å². The van der Waals surface area contributed by atoms with Crippen molar-refractivity contribution in [3.63, 3.8) is 0 Å². The molecule has 0 aliphatic carbocycles. The van der Waals surface area contributed by atoms with Crippen LogP contribution in [0, 0.1) is 0 Å². The van der Waals surface area contributed by atoms with E-state index in [1.54, 1.807) is 0 Å². The molecule has 5 heteroatoms. The third-order valence-electron chi connectivity index (χ3n) is 2.30. The molecule has 1 rings (SSSR count). The van der Waals surface area contributed by atoms with Gasteiger partial charge in [0.25, 0.3) is 0 Å². The van der Waals surface area contributed by atoms with Crippen LogP contribution in [0.15, 0.2) is 0 Å². The topological polar surface area (TPSA) is 68.3 Å². The van der Waals surface area contributed by atoms with Crippen molar-refractivity contribution in [2.75, 3.05) is 52.4 Å². The number of hydrogen-bond donors (Lipinski definition) is 5. The van der Waals surface area contributed by atoms with Gasteiger partial charge in [0.05, 0.1) is 6.61 Å². The van der Waals surface area contributed by atoms with E-state index in [2.05, 4.69) is 21.3 Å². The maximum absolute atomic E-state index is 9.06. The van der Waals surface area contributed by atoms with Gasteiger partial charge in [-0.05, 0) is 0 Å². The average molecular weight is 202 g/mol. The highest BCUT2D eigenvalue weighted by atomic mass is 16.3. The van der Waals surface area contributed by atoms with E-state index in [4.69, 9.17) is 5.11 Å². The van der Waals surface area contributed by atoms with Gasteiger partial charge in [0.1, 0.15) is 0 Å². The fourth-order valence-corrected chi connectivity index (χ4v) is 1.45. The van der Waals surface area contributed by atoms with Crippen molar-refractivity contribution in [3.8, 4) is 0 Å². The van der Waals surface area contributed by atoms with Gasteiger partial charge in [0, 0.05) is 51.9 Å². The summed E-state index contributed by atoms with van der Waals surface area (Å²) in [6.07, 6.45) is 0. The minimum Gasteiger partial charge on any atom is -0.395 e. The van der Waals surface area contributed by atoms with E-state index in [0.717, 1.165) is 45.8 Å². The maximum atomic E-state index is 9.06. The summed E-state index contributed by atoms with van der Waals surface area (Å²) in [7, 11) is 0. The van der Waals surface area contributed by atoms with Gasteiger partial charge < -0.3 is 26.4 Å². The van der Waals surface area contributed by atoms with Crippen LogP contribution in [0.25, 0.3) is 0 Å². The Balaban J connectivity index is 2.17.